The van der Waals surface area contributed by atoms with Crippen LogP contribution in [0.5, 0.6) is 5.75 Å². The highest BCUT2D eigenvalue weighted by Crippen LogP contribution is 2.14. The van der Waals surface area contributed by atoms with Crippen LogP contribution in [0, 0.1) is 5.82 Å². The molecular weight excluding hydrogens is 385 g/mol. The van der Waals surface area contributed by atoms with Gasteiger partial charge in [0.2, 0.25) is 5.91 Å². The molecule has 1 amide bonds. The highest BCUT2D eigenvalue weighted by atomic mass is 19.1. The molecule has 7 nitrogen and oxygen atoms in total. The van der Waals surface area contributed by atoms with Gasteiger partial charge in [-0.1, -0.05) is 0 Å². The number of ether oxygens (including phenoxy) is 1. The SMILES string of the molecule is CN=C(NCCCOc1ccc(F)cc1)N1CCN(C(C)C(=O)N2CCCC2)CC1. The van der Waals surface area contributed by atoms with E-state index in [4.69, 9.17) is 4.74 Å². The number of carbonyl (C=O) groups is 1. The Labute approximate surface area is 178 Å². The molecule has 3 rings (SSSR count). The standard InChI is InChI=1S/C22H34FN5O2/c1-18(21(29)27-11-3-4-12-27)26-13-15-28(16-14-26)22(24-2)25-10-5-17-30-20-8-6-19(23)7-9-20/h6-9,18H,3-5,10-17H2,1-2H3,(H,24,25). The molecule has 2 saturated heterocycles. The Hall–Kier alpha value is -2.35. The lowest BCUT2D eigenvalue weighted by molar-refractivity contribution is -0.135. The normalized spacial score (nSPS) is 19.1. The summed E-state index contributed by atoms with van der Waals surface area (Å²) in [4.78, 5) is 23.6. The van der Waals surface area contributed by atoms with Crippen molar-refractivity contribution in [1.29, 1.82) is 0 Å². The summed E-state index contributed by atoms with van der Waals surface area (Å²) >= 11 is 0. The first-order valence-electron chi connectivity index (χ1n) is 11.0. The molecule has 1 aromatic carbocycles. The van der Waals surface area contributed by atoms with E-state index in [1.54, 1.807) is 19.2 Å². The number of guanidine groups is 1. The first-order valence-corrected chi connectivity index (χ1v) is 11.0. The van der Waals surface area contributed by atoms with Gasteiger partial charge >= 0.3 is 0 Å². The second-order valence-electron chi connectivity index (χ2n) is 7.86. The smallest absolute Gasteiger partial charge is 0.239 e. The number of nitrogens with one attached hydrogen (secondary N) is 1. The van der Waals surface area contributed by atoms with E-state index in [-0.39, 0.29) is 17.8 Å². The molecular formula is C22H34FN5O2. The Morgan fingerprint density at radius 1 is 1.10 bits per heavy atom. The average Bonchev–Trinajstić information content (AvgIpc) is 3.32. The van der Waals surface area contributed by atoms with E-state index >= 15 is 0 Å². The summed E-state index contributed by atoms with van der Waals surface area (Å²) in [5.41, 5.74) is 0. The fraction of sp³-hybridized carbons (Fsp3) is 0.636. The number of likely N-dealkylation sites (tertiary alicyclic amines) is 1. The zero-order valence-electron chi connectivity index (χ0n) is 18.1. The molecule has 2 heterocycles. The van der Waals surface area contributed by atoms with Gasteiger partial charge < -0.3 is 19.9 Å². The van der Waals surface area contributed by atoms with Crippen molar-refractivity contribution in [3.63, 3.8) is 0 Å². The minimum absolute atomic E-state index is 0.0520. The van der Waals surface area contributed by atoms with Crippen molar-refractivity contribution in [3.05, 3.63) is 30.1 Å². The predicted molar refractivity (Wildman–Crippen MR) is 116 cm³/mol. The second-order valence-corrected chi connectivity index (χ2v) is 7.86. The van der Waals surface area contributed by atoms with Crippen LogP contribution in [-0.4, -0.2) is 92.1 Å². The zero-order valence-corrected chi connectivity index (χ0v) is 18.1. The van der Waals surface area contributed by atoms with Crippen molar-refractivity contribution < 1.29 is 13.9 Å². The molecule has 0 aromatic heterocycles. The van der Waals surface area contributed by atoms with Gasteiger partial charge in [-0.05, 0) is 50.5 Å². The first kappa shape index (κ1) is 22.3. The maximum Gasteiger partial charge on any atom is 0.239 e. The number of halogens is 1. The third-order valence-corrected chi connectivity index (χ3v) is 5.84. The second kappa shape index (κ2) is 11.2. The number of carbonyl (C=O) groups excluding carboxylic acids is 1. The molecule has 0 radical (unpaired) electrons. The Morgan fingerprint density at radius 2 is 1.77 bits per heavy atom. The Kier molecular flexibility index (Phi) is 8.30. The van der Waals surface area contributed by atoms with Gasteiger partial charge in [-0.3, -0.25) is 14.7 Å². The summed E-state index contributed by atoms with van der Waals surface area (Å²) in [7, 11) is 1.79. The molecule has 1 aromatic rings. The number of nitrogens with zero attached hydrogens (tertiary/aromatic N) is 4. The first-order chi connectivity index (χ1) is 14.6. The molecule has 1 atom stereocenters. The summed E-state index contributed by atoms with van der Waals surface area (Å²) in [5, 5.41) is 3.39. The van der Waals surface area contributed by atoms with E-state index in [0.717, 1.165) is 71.0 Å². The maximum absolute atomic E-state index is 12.9. The average molecular weight is 420 g/mol. The van der Waals surface area contributed by atoms with Crippen LogP contribution in [0.3, 0.4) is 0 Å². The Bertz CT molecular complexity index is 698. The number of hydrogen-bond acceptors (Lipinski definition) is 4. The number of rotatable bonds is 7. The maximum atomic E-state index is 12.9. The third-order valence-electron chi connectivity index (χ3n) is 5.84. The van der Waals surface area contributed by atoms with Gasteiger partial charge in [0.05, 0.1) is 12.6 Å². The van der Waals surface area contributed by atoms with E-state index in [1.165, 1.54) is 12.1 Å². The highest BCUT2D eigenvalue weighted by Gasteiger charge is 2.30. The van der Waals surface area contributed by atoms with E-state index in [1.807, 2.05) is 11.8 Å². The molecule has 0 bridgehead atoms. The molecule has 0 aliphatic carbocycles. The number of amides is 1. The summed E-state index contributed by atoms with van der Waals surface area (Å²) in [6.45, 7) is 8.56. The summed E-state index contributed by atoms with van der Waals surface area (Å²) in [6.07, 6.45) is 3.07. The number of benzene rings is 1. The van der Waals surface area contributed by atoms with Gasteiger partial charge in [0.1, 0.15) is 11.6 Å². The van der Waals surface area contributed by atoms with E-state index in [0.29, 0.717) is 12.4 Å². The van der Waals surface area contributed by atoms with Gasteiger partial charge in [-0.2, -0.15) is 0 Å². The van der Waals surface area contributed by atoms with Crippen molar-refractivity contribution in [2.45, 2.75) is 32.2 Å². The summed E-state index contributed by atoms with van der Waals surface area (Å²) < 4.78 is 18.5. The predicted octanol–water partition coefficient (Wildman–Crippen LogP) is 1.80. The molecule has 1 unspecified atom stereocenters. The van der Waals surface area contributed by atoms with Gasteiger partial charge in [0.25, 0.3) is 0 Å². The molecule has 30 heavy (non-hydrogen) atoms. The van der Waals surface area contributed by atoms with Crippen LogP contribution >= 0.6 is 0 Å². The van der Waals surface area contributed by atoms with Crippen molar-refractivity contribution in [2.24, 2.45) is 4.99 Å². The van der Waals surface area contributed by atoms with Gasteiger partial charge in [-0.25, -0.2) is 4.39 Å². The fourth-order valence-corrected chi connectivity index (χ4v) is 4.00. The van der Waals surface area contributed by atoms with Crippen LogP contribution < -0.4 is 10.1 Å². The van der Waals surface area contributed by atoms with E-state index in [2.05, 4.69) is 20.1 Å². The molecule has 2 aliphatic rings. The van der Waals surface area contributed by atoms with Crippen LogP contribution in [0.25, 0.3) is 0 Å². The highest BCUT2D eigenvalue weighted by molar-refractivity contribution is 5.82. The van der Waals surface area contributed by atoms with E-state index in [9.17, 15) is 9.18 Å². The third kappa shape index (κ3) is 6.08. The molecule has 1 N–H and O–H groups in total. The molecule has 0 saturated carbocycles. The topological polar surface area (TPSA) is 60.4 Å². The lowest BCUT2D eigenvalue weighted by Gasteiger charge is -2.39. The summed E-state index contributed by atoms with van der Waals surface area (Å²) in [5.74, 6) is 1.57. The molecule has 2 fully saturated rings. The molecule has 0 spiro atoms. The van der Waals surface area contributed by atoms with Crippen molar-refractivity contribution >= 4 is 11.9 Å². The van der Waals surface area contributed by atoms with E-state index < -0.39 is 0 Å². The number of piperazine rings is 1. The van der Waals surface area contributed by atoms with Crippen LogP contribution in [0.2, 0.25) is 0 Å². The Morgan fingerprint density at radius 3 is 2.40 bits per heavy atom. The zero-order chi connectivity index (χ0) is 21.3. The lowest BCUT2D eigenvalue weighted by atomic mass is 10.2. The molecule has 166 valence electrons. The fourth-order valence-electron chi connectivity index (χ4n) is 4.00. The van der Waals surface area contributed by atoms with Crippen molar-refractivity contribution in [1.82, 2.24) is 20.0 Å². The quantitative estimate of drug-likeness (QED) is 0.415. The van der Waals surface area contributed by atoms with Crippen LogP contribution in [-0.2, 0) is 4.79 Å². The van der Waals surface area contributed by atoms with Crippen LogP contribution in [0.4, 0.5) is 4.39 Å². The minimum Gasteiger partial charge on any atom is -0.494 e. The lowest BCUT2D eigenvalue weighted by Crippen LogP contribution is -2.57. The Balaban J connectivity index is 1.35. The van der Waals surface area contributed by atoms with Gasteiger partial charge in [0, 0.05) is 52.9 Å². The number of hydrogen-bond donors (Lipinski definition) is 1. The molecule has 2 aliphatic heterocycles. The van der Waals surface area contributed by atoms with Crippen molar-refractivity contribution in [3.8, 4) is 5.75 Å². The molecule has 8 heteroatoms. The van der Waals surface area contributed by atoms with Gasteiger partial charge in [-0.15, -0.1) is 0 Å². The largest absolute Gasteiger partial charge is 0.494 e. The van der Waals surface area contributed by atoms with Crippen LogP contribution in [0.1, 0.15) is 26.2 Å². The van der Waals surface area contributed by atoms with Crippen molar-refractivity contribution in [2.75, 3.05) is 59.5 Å². The van der Waals surface area contributed by atoms with Gasteiger partial charge in [0.15, 0.2) is 5.96 Å². The van der Waals surface area contributed by atoms with Crippen LogP contribution in [0.15, 0.2) is 29.3 Å². The monoisotopic (exact) mass is 419 g/mol. The summed E-state index contributed by atoms with van der Waals surface area (Å²) in [6, 6.07) is 6.01. The minimum atomic E-state index is -0.261. The number of aliphatic imine (C=N–C) groups is 1.